The summed E-state index contributed by atoms with van der Waals surface area (Å²) >= 11 is 0. The molecule has 10 heteroatoms. The molecule has 3 aromatic rings. The molecule has 0 atom stereocenters. The number of aliphatic hydroxyl groups excluding tert-OH is 2. The average molecular weight is 412 g/mol. The van der Waals surface area contributed by atoms with Crippen molar-refractivity contribution in [3.05, 3.63) is 92.0 Å². The summed E-state index contributed by atoms with van der Waals surface area (Å²) in [5.74, 6) is 1.10. The fourth-order valence-corrected chi connectivity index (χ4v) is 2.61. The van der Waals surface area contributed by atoms with Gasteiger partial charge in [-0.1, -0.05) is 0 Å². The second kappa shape index (κ2) is 8.99. The van der Waals surface area contributed by atoms with Crippen LogP contribution in [-0.4, -0.2) is 20.1 Å². The van der Waals surface area contributed by atoms with Gasteiger partial charge < -0.3 is 19.7 Å². The van der Waals surface area contributed by atoms with Gasteiger partial charge in [-0.2, -0.15) is 0 Å². The van der Waals surface area contributed by atoms with Crippen LogP contribution in [0.2, 0.25) is 0 Å². The smallest absolute Gasteiger partial charge is 0.269 e. The number of nitro groups is 2. The molecule has 0 saturated carbocycles. The quantitative estimate of drug-likeness (QED) is 0.416. The van der Waals surface area contributed by atoms with Gasteiger partial charge in [-0.3, -0.25) is 20.2 Å². The Hall–Kier alpha value is -4.02. The summed E-state index contributed by atoms with van der Waals surface area (Å²) in [6.07, 6.45) is 0. The molecule has 0 bridgehead atoms. The Kier molecular flexibility index (Phi) is 6.20. The van der Waals surface area contributed by atoms with Gasteiger partial charge in [0.15, 0.2) is 0 Å². The van der Waals surface area contributed by atoms with Gasteiger partial charge in [-0.15, -0.1) is 0 Å². The van der Waals surface area contributed by atoms with Crippen molar-refractivity contribution in [2.75, 3.05) is 0 Å². The largest absolute Gasteiger partial charge is 0.457 e. The van der Waals surface area contributed by atoms with Crippen LogP contribution in [0.15, 0.2) is 60.7 Å². The third kappa shape index (κ3) is 4.69. The van der Waals surface area contributed by atoms with Crippen molar-refractivity contribution in [2.24, 2.45) is 0 Å². The fourth-order valence-electron chi connectivity index (χ4n) is 2.61. The summed E-state index contributed by atoms with van der Waals surface area (Å²) in [5, 5.41) is 40.9. The molecular formula is C20H16N2O8. The lowest BCUT2D eigenvalue weighted by atomic mass is 10.1. The molecule has 10 nitrogen and oxygen atoms in total. The number of ether oxygens (including phenoxy) is 2. The maximum absolute atomic E-state index is 10.8. The van der Waals surface area contributed by atoms with E-state index in [4.69, 9.17) is 9.47 Å². The summed E-state index contributed by atoms with van der Waals surface area (Å²) in [6, 6.07) is 13.8. The molecule has 3 rings (SSSR count). The molecule has 0 fully saturated rings. The van der Waals surface area contributed by atoms with Crippen LogP contribution in [0, 0.1) is 20.2 Å². The van der Waals surface area contributed by atoms with Crippen LogP contribution < -0.4 is 9.47 Å². The lowest BCUT2D eigenvalue weighted by Crippen LogP contribution is -1.99. The van der Waals surface area contributed by atoms with Gasteiger partial charge in [0.25, 0.3) is 11.4 Å². The van der Waals surface area contributed by atoms with Gasteiger partial charge >= 0.3 is 0 Å². The maximum Gasteiger partial charge on any atom is 0.269 e. The molecule has 0 unspecified atom stereocenters. The zero-order valence-corrected chi connectivity index (χ0v) is 15.4. The molecule has 0 aromatic heterocycles. The first-order valence-electron chi connectivity index (χ1n) is 8.63. The van der Waals surface area contributed by atoms with Gasteiger partial charge in [-0.25, -0.2) is 0 Å². The molecular weight excluding hydrogens is 396 g/mol. The van der Waals surface area contributed by atoms with Gasteiger partial charge in [0.2, 0.25) is 0 Å². The standard InChI is InChI=1S/C20H16N2O8/c23-11-13-10-20(30-18-7-3-16(4-8-18)22(27)28)14(12-24)9-19(13)29-17-5-1-15(2-6-17)21(25)26/h1-10,23-24H,11-12H2. The van der Waals surface area contributed by atoms with Gasteiger partial charge in [0.05, 0.1) is 23.1 Å². The van der Waals surface area contributed by atoms with E-state index in [0.29, 0.717) is 22.6 Å². The highest BCUT2D eigenvalue weighted by Gasteiger charge is 2.14. The third-order valence-electron chi connectivity index (χ3n) is 4.14. The lowest BCUT2D eigenvalue weighted by molar-refractivity contribution is -0.385. The number of non-ortho nitro benzene ring substituents is 2. The predicted octanol–water partition coefficient (Wildman–Crippen LogP) is 4.07. The van der Waals surface area contributed by atoms with Gasteiger partial charge in [0, 0.05) is 35.4 Å². The highest BCUT2D eigenvalue weighted by atomic mass is 16.6. The number of rotatable bonds is 8. The molecule has 0 amide bonds. The van der Waals surface area contributed by atoms with Gasteiger partial charge in [0.1, 0.15) is 23.0 Å². The van der Waals surface area contributed by atoms with Crippen LogP contribution in [-0.2, 0) is 13.2 Å². The molecule has 0 spiro atoms. The normalized spacial score (nSPS) is 10.5. The summed E-state index contributed by atoms with van der Waals surface area (Å²) < 4.78 is 11.4. The number of nitro benzene ring substituents is 2. The monoisotopic (exact) mass is 412 g/mol. The zero-order chi connectivity index (χ0) is 21.7. The highest BCUT2D eigenvalue weighted by molar-refractivity contribution is 5.50. The Morgan fingerprint density at radius 3 is 1.27 bits per heavy atom. The molecule has 30 heavy (non-hydrogen) atoms. The van der Waals surface area contributed by atoms with Gasteiger partial charge in [-0.05, 0) is 36.4 Å². The van der Waals surface area contributed by atoms with Crippen LogP contribution in [0.25, 0.3) is 0 Å². The van der Waals surface area contributed by atoms with E-state index in [1.165, 1.54) is 60.7 Å². The van der Waals surface area contributed by atoms with Crippen LogP contribution in [0.1, 0.15) is 11.1 Å². The highest BCUT2D eigenvalue weighted by Crippen LogP contribution is 2.35. The maximum atomic E-state index is 10.8. The third-order valence-corrected chi connectivity index (χ3v) is 4.14. The predicted molar refractivity (Wildman–Crippen MR) is 105 cm³/mol. The Morgan fingerprint density at radius 2 is 1.00 bits per heavy atom. The lowest BCUT2D eigenvalue weighted by Gasteiger charge is -2.15. The second-order valence-corrected chi connectivity index (χ2v) is 6.09. The Labute approximate surface area is 169 Å². The molecule has 0 heterocycles. The van der Waals surface area contributed by atoms with Crippen LogP contribution >= 0.6 is 0 Å². The first kappa shape index (κ1) is 20.7. The first-order valence-corrected chi connectivity index (χ1v) is 8.63. The van der Waals surface area contributed by atoms with Crippen LogP contribution in [0.5, 0.6) is 23.0 Å². The molecule has 0 aliphatic rings. The minimum Gasteiger partial charge on any atom is -0.457 e. The fraction of sp³-hybridized carbons (Fsp3) is 0.100. The van der Waals surface area contributed by atoms with Crippen molar-refractivity contribution in [1.29, 1.82) is 0 Å². The SMILES string of the molecule is O=[N+]([O-])c1ccc(Oc2cc(CO)c(Oc3ccc([N+](=O)[O-])cc3)cc2CO)cc1. The van der Waals surface area contributed by atoms with E-state index in [9.17, 15) is 30.4 Å². The summed E-state index contributed by atoms with van der Waals surface area (Å²) in [6.45, 7) is -0.796. The molecule has 0 aliphatic carbocycles. The van der Waals surface area contributed by atoms with Crippen molar-refractivity contribution in [2.45, 2.75) is 13.2 Å². The van der Waals surface area contributed by atoms with Crippen LogP contribution in [0.4, 0.5) is 11.4 Å². The van der Waals surface area contributed by atoms with E-state index in [1.54, 1.807) is 0 Å². The van der Waals surface area contributed by atoms with Crippen molar-refractivity contribution < 1.29 is 29.5 Å². The van der Waals surface area contributed by atoms with Crippen molar-refractivity contribution in [3.63, 3.8) is 0 Å². The molecule has 154 valence electrons. The summed E-state index contributed by atoms with van der Waals surface area (Å²) in [7, 11) is 0. The number of aliphatic hydroxyl groups is 2. The van der Waals surface area contributed by atoms with E-state index in [2.05, 4.69) is 0 Å². The number of hydrogen-bond donors (Lipinski definition) is 2. The number of nitrogens with zero attached hydrogens (tertiary/aromatic N) is 2. The second-order valence-electron chi connectivity index (χ2n) is 6.09. The van der Waals surface area contributed by atoms with Crippen molar-refractivity contribution in [3.8, 4) is 23.0 Å². The number of hydrogen-bond acceptors (Lipinski definition) is 8. The topological polar surface area (TPSA) is 145 Å². The van der Waals surface area contributed by atoms with E-state index in [-0.39, 0.29) is 22.9 Å². The summed E-state index contributed by atoms with van der Waals surface area (Å²) in [5.41, 5.74) is 0.519. The molecule has 3 aromatic carbocycles. The Balaban J connectivity index is 1.87. The minimum atomic E-state index is -0.531. The van der Waals surface area contributed by atoms with E-state index in [1.807, 2.05) is 0 Å². The Bertz CT molecular complexity index is 978. The van der Waals surface area contributed by atoms with E-state index >= 15 is 0 Å². The number of benzene rings is 3. The Morgan fingerprint density at radius 1 is 0.667 bits per heavy atom. The average Bonchev–Trinajstić information content (AvgIpc) is 2.75. The molecule has 2 N–H and O–H groups in total. The van der Waals surface area contributed by atoms with Crippen LogP contribution in [0.3, 0.4) is 0 Å². The first-order chi connectivity index (χ1) is 14.4. The molecule has 0 aliphatic heterocycles. The summed E-state index contributed by atoms with van der Waals surface area (Å²) in [4.78, 5) is 20.4. The molecule has 0 radical (unpaired) electrons. The minimum absolute atomic E-state index is 0.0902. The van der Waals surface area contributed by atoms with E-state index < -0.39 is 23.1 Å². The zero-order valence-electron chi connectivity index (χ0n) is 15.4. The van der Waals surface area contributed by atoms with Crippen molar-refractivity contribution in [1.82, 2.24) is 0 Å². The van der Waals surface area contributed by atoms with E-state index in [0.717, 1.165) is 0 Å². The van der Waals surface area contributed by atoms with Crippen molar-refractivity contribution >= 4 is 11.4 Å². The molecule has 0 saturated heterocycles.